The number of benzene rings is 2. The van der Waals surface area contributed by atoms with Gasteiger partial charge in [-0.2, -0.15) is 0 Å². The molecule has 5 heteroatoms. The number of hydrogen-bond acceptors (Lipinski definition) is 3. The number of halogens is 2. The first kappa shape index (κ1) is 15.7. The number of rotatable bonds is 4. The highest BCUT2D eigenvalue weighted by molar-refractivity contribution is 6.43. The molecule has 3 nitrogen and oxygen atoms in total. The Morgan fingerprint density at radius 3 is 2.43 bits per heavy atom. The maximum absolute atomic E-state index is 6.34. The average Bonchev–Trinajstić information content (AvgIpc) is 2.57. The molecule has 0 spiro atoms. The third-order valence-corrected chi connectivity index (χ3v) is 4.28. The van der Waals surface area contributed by atoms with Crippen LogP contribution >= 0.6 is 23.2 Å². The number of nitrogen functional groups attached to an aromatic ring is 1. The van der Waals surface area contributed by atoms with E-state index in [2.05, 4.69) is 10.3 Å². The molecule has 3 N–H and O–H groups in total. The second kappa shape index (κ2) is 6.90. The average molecular weight is 344 g/mol. The van der Waals surface area contributed by atoms with Crippen LogP contribution in [0.25, 0.3) is 11.1 Å². The van der Waals surface area contributed by atoms with Gasteiger partial charge in [0.15, 0.2) is 0 Å². The lowest BCUT2D eigenvalue weighted by Gasteiger charge is -2.13. The molecule has 0 unspecified atom stereocenters. The highest BCUT2D eigenvalue weighted by atomic mass is 35.5. The van der Waals surface area contributed by atoms with E-state index in [-0.39, 0.29) is 0 Å². The van der Waals surface area contributed by atoms with E-state index < -0.39 is 0 Å². The van der Waals surface area contributed by atoms with Crippen LogP contribution in [0.4, 0.5) is 11.6 Å². The third-order valence-electron chi connectivity index (χ3n) is 3.46. The van der Waals surface area contributed by atoms with Crippen molar-refractivity contribution < 1.29 is 0 Å². The molecule has 0 aliphatic carbocycles. The summed E-state index contributed by atoms with van der Waals surface area (Å²) >= 11 is 12.5. The molecule has 3 rings (SSSR count). The van der Waals surface area contributed by atoms with Gasteiger partial charge in [0.25, 0.3) is 0 Å². The van der Waals surface area contributed by atoms with Crippen LogP contribution in [0.3, 0.4) is 0 Å². The molecular weight excluding hydrogens is 329 g/mol. The summed E-state index contributed by atoms with van der Waals surface area (Å²) in [6.07, 6.45) is 0. The van der Waals surface area contributed by atoms with Crippen LogP contribution in [0.5, 0.6) is 0 Å². The lowest BCUT2D eigenvalue weighted by atomic mass is 10.1. The zero-order chi connectivity index (χ0) is 16.2. The summed E-state index contributed by atoms with van der Waals surface area (Å²) in [4.78, 5) is 4.40. The smallest absolute Gasteiger partial charge is 0.136 e. The Balaban J connectivity index is 1.96. The van der Waals surface area contributed by atoms with Crippen molar-refractivity contribution >= 4 is 34.8 Å². The molecule has 0 saturated carbocycles. The van der Waals surface area contributed by atoms with Crippen LogP contribution in [-0.4, -0.2) is 4.98 Å². The van der Waals surface area contributed by atoms with E-state index in [1.807, 2.05) is 48.5 Å². The minimum Gasteiger partial charge on any atom is -0.384 e. The van der Waals surface area contributed by atoms with E-state index in [0.29, 0.717) is 28.2 Å². The number of pyridine rings is 1. The number of nitrogens with zero attached hydrogens (tertiary/aromatic N) is 1. The van der Waals surface area contributed by atoms with Gasteiger partial charge in [-0.15, -0.1) is 0 Å². The minimum absolute atomic E-state index is 0.447. The van der Waals surface area contributed by atoms with E-state index >= 15 is 0 Å². The summed E-state index contributed by atoms with van der Waals surface area (Å²) < 4.78 is 0. The fourth-order valence-electron chi connectivity index (χ4n) is 2.32. The van der Waals surface area contributed by atoms with Crippen LogP contribution in [-0.2, 0) is 6.54 Å². The van der Waals surface area contributed by atoms with Crippen LogP contribution in [0.1, 0.15) is 5.56 Å². The van der Waals surface area contributed by atoms with Crippen molar-refractivity contribution in [3.63, 3.8) is 0 Å². The van der Waals surface area contributed by atoms with Gasteiger partial charge in [0.05, 0.1) is 10.0 Å². The van der Waals surface area contributed by atoms with E-state index in [0.717, 1.165) is 16.7 Å². The number of hydrogen-bond donors (Lipinski definition) is 2. The third kappa shape index (κ3) is 3.58. The van der Waals surface area contributed by atoms with Gasteiger partial charge in [-0.05, 0) is 23.8 Å². The Kier molecular flexibility index (Phi) is 4.70. The highest BCUT2D eigenvalue weighted by Gasteiger charge is 2.12. The number of aromatic nitrogens is 1. The molecular formula is C18H15Cl2N3. The van der Waals surface area contributed by atoms with Gasteiger partial charge in [-0.25, -0.2) is 4.98 Å². The topological polar surface area (TPSA) is 50.9 Å². The molecule has 0 radical (unpaired) electrons. The fraction of sp³-hybridized carbons (Fsp3) is 0.0556. The Hall–Kier alpha value is -2.23. The molecule has 0 aliphatic heterocycles. The van der Waals surface area contributed by atoms with Crippen molar-refractivity contribution in [3.05, 3.63) is 76.3 Å². The Morgan fingerprint density at radius 1 is 0.870 bits per heavy atom. The lowest BCUT2D eigenvalue weighted by Crippen LogP contribution is -2.04. The molecule has 2 aromatic carbocycles. The van der Waals surface area contributed by atoms with Gasteiger partial charge < -0.3 is 11.1 Å². The monoisotopic (exact) mass is 343 g/mol. The Morgan fingerprint density at radius 2 is 1.65 bits per heavy atom. The van der Waals surface area contributed by atoms with E-state index in [9.17, 15) is 0 Å². The molecule has 0 aliphatic rings. The van der Waals surface area contributed by atoms with E-state index in [4.69, 9.17) is 28.9 Å². The van der Waals surface area contributed by atoms with Crippen molar-refractivity contribution in [1.82, 2.24) is 4.98 Å². The first-order valence-electron chi connectivity index (χ1n) is 7.14. The zero-order valence-corrected chi connectivity index (χ0v) is 13.8. The predicted octanol–water partition coefficient (Wildman–Crippen LogP) is 5.25. The molecule has 23 heavy (non-hydrogen) atoms. The van der Waals surface area contributed by atoms with Crippen molar-refractivity contribution in [2.75, 3.05) is 11.1 Å². The molecule has 0 fully saturated rings. The lowest BCUT2D eigenvalue weighted by molar-refractivity contribution is 1.12. The Labute approximate surface area is 145 Å². The molecule has 1 heterocycles. The SMILES string of the molecule is Nc1ccc(-c2cccc(Cl)c2Cl)c(NCc2ccccc2)n1. The maximum Gasteiger partial charge on any atom is 0.136 e. The number of anilines is 2. The van der Waals surface area contributed by atoms with Crippen molar-refractivity contribution in [2.24, 2.45) is 0 Å². The standard InChI is InChI=1S/C18H15Cl2N3/c19-15-8-4-7-13(17(15)20)14-9-10-16(21)23-18(14)22-11-12-5-2-1-3-6-12/h1-10H,11H2,(H3,21,22,23). The van der Waals surface area contributed by atoms with Crippen LogP contribution < -0.4 is 11.1 Å². The second-order valence-corrected chi connectivity index (χ2v) is 5.86. The van der Waals surface area contributed by atoms with Crippen molar-refractivity contribution in [3.8, 4) is 11.1 Å². The van der Waals surface area contributed by atoms with Crippen LogP contribution in [0.15, 0.2) is 60.7 Å². The van der Waals surface area contributed by atoms with Gasteiger partial charge in [-0.1, -0.05) is 65.7 Å². The summed E-state index contributed by atoms with van der Waals surface area (Å²) in [5.74, 6) is 1.13. The molecule has 0 bridgehead atoms. The molecule has 0 amide bonds. The molecule has 3 aromatic rings. The van der Waals surface area contributed by atoms with Gasteiger partial charge in [-0.3, -0.25) is 0 Å². The number of nitrogens with one attached hydrogen (secondary N) is 1. The van der Waals surface area contributed by atoms with Gasteiger partial charge in [0, 0.05) is 17.7 Å². The maximum atomic E-state index is 6.34. The Bertz CT molecular complexity index is 820. The second-order valence-electron chi connectivity index (χ2n) is 5.07. The molecule has 1 aromatic heterocycles. The van der Waals surface area contributed by atoms with Gasteiger partial charge in [0.2, 0.25) is 0 Å². The normalized spacial score (nSPS) is 10.5. The predicted molar refractivity (Wildman–Crippen MR) is 97.9 cm³/mol. The molecule has 0 atom stereocenters. The number of nitrogens with two attached hydrogens (primary N) is 1. The molecule has 0 saturated heterocycles. The van der Waals surface area contributed by atoms with Crippen molar-refractivity contribution in [1.29, 1.82) is 0 Å². The minimum atomic E-state index is 0.447. The summed E-state index contributed by atoms with van der Waals surface area (Å²) in [6, 6.07) is 19.3. The summed E-state index contributed by atoms with van der Waals surface area (Å²) in [5.41, 5.74) is 8.67. The first-order chi connectivity index (χ1) is 11.1. The van der Waals surface area contributed by atoms with Crippen LogP contribution in [0.2, 0.25) is 10.0 Å². The van der Waals surface area contributed by atoms with Gasteiger partial charge >= 0.3 is 0 Å². The van der Waals surface area contributed by atoms with Crippen LogP contribution in [0, 0.1) is 0 Å². The highest BCUT2D eigenvalue weighted by Crippen LogP contribution is 2.36. The fourth-order valence-corrected chi connectivity index (χ4v) is 2.72. The molecule has 116 valence electrons. The summed E-state index contributed by atoms with van der Waals surface area (Å²) in [5, 5.41) is 4.34. The first-order valence-corrected chi connectivity index (χ1v) is 7.89. The summed E-state index contributed by atoms with van der Waals surface area (Å²) in [6.45, 7) is 0.641. The van der Waals surface area contributed by atoms with Crippen molar-refractivity contribution in [2.45, 2.75) is 6.54 Å². The summed E-state index contributed by atoms with van der Waals surface area (Å²) in [7, 11) is 0. The largest absolute Gasteiger partial charge is 0.384 e. The quantitative estimate of drug-likeness (QED) is 0.680. The van der Waals surface area contributed by atoms with E-state index in [1.54, 1.807) is 12.1 Å². The van der Waals surface area contributed by atoms with E-state index in [1.165, 1.54) is 0 Å². The zero-order valence-electron chi connectivity index (χ0n) is 12.3. The van der Waals surface area contributed by atoms with Gasteiger partial charge in [0.1, 0.15) is 11.6 Å².